The molecule has 346 valence electrons. The zero-order chi connectivity index (χ0) is 45.7. The van der Waals surface area contributed by atoms with Crippen LogP contribution in [0.5, 0.6) is 11.6 Å². The Morgan fingerprint density at radius 1 is 0.970 bits per heavy atom. The molecule has 66 heavy (non-hydrogen) atoms. The molecule has 0 unspecified atom stereocenters. The van der Waals surface area contributed by atoms with Crippen molar-refractivity contribution in [2.45, 2.75) is 56.9 Å². The van der Waals surface area contributed by atoms with E-state index in [1.165, 1.54) is 22.8 Å². The van der Waals surface area contributed by atoms with Crippen LogP contribution in [0.1, 0.15) is 61.9 Å². The Kier molecular flexibility index (Phi) is 11.8. The number of hydrogen-bond acceptors (Lipinski definition) is 13. The number of sulfonamides is 1. The standard InChI is InChI=1S/C48H53ClN8O8S/c1-48(2)13-9-33(38(27-48)30-3-5-34(49)6-4-30)28-54-15-17-55(18-16-54)35-7-8-37(40(24-35)56-19-22-64-47-42(56)23-32-10-14-50-45(32)52-47)46(58)53-66(61,62)36-25-41(57(59)60)44-43(26-36)65-29-39(51-44)31-11-20-63-21-12-31/h3-8,10,14,23-26,31,39,51H,9,11-13,15-22,27-29H2,1-2H3,(H,50,52)(H,53,58)/t39-/m0/s1. The number of carbonyl (C=O) groups is 1. The molecule has 2 aromatic heterocycles. The lowest BCUT2D eigenvalue weighted by Gasteiger charge is -2.39. The first-order valence-corrected chi connectivity index (χ1v) is 24.5. The van der Waals surface area contributed by atoms with Gasteiger partial charge in [0, 0.05) is 80.4 Å². The molecule has 3 aromatic carbocycles. The summed E-state index contributed by atoms with van der Waals surface area (Å²) >= 11 is 6.27. The number of amides is 1. The van der Waals surface area contributed by atoms with Gasteiger partial charge in [-0.2, -0.15) is 4.98 Å². The number of nitrogens with zero attached hydrogens (tertiary/aromatic N) is 5. The van der Waals surface area contributed by atoms with E-state index in [1.54, 1.807) is 12.3 Å². The fourth-order valence-electron chi connectivity index (χ4n) is 10.0. The molecular weight excluding hydrogens is 884 g/mol. The van der Waals surface area contributed by atoms with Gasteiger partial charge in [0.25, 0.3) is 21.6 Å². The number of nitro groups is 1. The van der Waals surface area contributed by atoms with Gasteiger partial charge in [-0.3, -0.25) is 19.8 Å². The summed E-state index contributed by atoms with van der Waals surface area (Å²) in [6.07, 6.45) is 6.53. The van der Waals surface area contributed by atoms with E-state index in [1.807, 2.05) is 41.3 Å². The first kappa shape index (κ1) is 44.0. The average Bonchev–Trinajstić information content (AvgIpc) is 3.78. The van der Waals surface area contributed by atoms with Crippen molar-refractivity contribution in [2.24, 2.45) is 11.3 Å². The molecule has 2 fully saturated rings. The number of H-pyrrole nitrogens is 1. The number of allylic oxidation sites excluding steroid dienone is 1. The second kappa shape index (κ2) is 17.7. The van der Waals surface area contributed by atoms with E-state index >= 15 is 0 Å². The van der Waals surface area contributed by atoms with E-state index in [2.05, 4.69) is 50.8 Å². The van der Waals surface area contributed by atoms with Crippen molar-refractivity contribution in [3.05, 3.63) is 105 Å². The number of benzene rings is 3. The number of ether oxygens (including phenoxy) is 3. The maximum absolute atomic E-state index is 14.4. The number of fused-ring (bicyclic) bond motifs is 3. The number of piperazine rings is 1. The predicted molar refractivity (Wildman–Crippen MR) is 254 cm³/mol. The predicted octanol–water partition coefficient (Wildman–Crippen LogP) is 8.16. The third-order valence-corrected chi connectivity index (χ3v) is 15.3. The quantitative estimate of drug-likeness (QED) is 0.0901. The Morgan fingerprint density at radius 3 is 2.53 bits per heavy atom. The summed E-state index contributed by atoms with van der Waals surface area (Å²) in [4.78, 5) is 40.3. The van der Waals surface area contributed by atoms with Gasteiger partial charge in [-0.25, -0.2) is 13.1 Å². The third-order valence-electron chi connectivity index (χ3n) is 13.7. The molecule has 5 aromatic rings. The molecule has 0 spiro atoms. The van der Waals surface area contributed by atoms with Crippen LogP contribution in [0, 0.1) is 21.4 Å². The Morgan fingerprint density at radius 2 is 1.76 bits per heavy atom. The molecule has 1 atom stereocenters. The van der Waals surface area contributed by atoms with Crippen LogP contribution in [0.2, 0.25) is 5.02 Å². The van der Waals surface area contributed by atoms with Crippen LogP contribution in [0.15, 0.2) is 83.4 Å². The van der Waals surface area contributed by atoms with E-state index in [9.17, 15) is 23.3 Å². The molecule has 4 aliphatic heterocycles. The maximum atomic E-state index is 14.4. The topological polar surface area (TPSA) is 184 Å². The largest absolute Gasteiger partial charge is 0.489 e. The summed E-state index contributed by atoms with van der Waals surface area (Å²) in [6.45, 7) is 10.7. The minimum atomic E-state index is -4.65. The second-order valence-corrected chi connectivity index (χ2v) is 20.8. The number of nitrogens with one attached hydrogen (secondary N) is 3. The van der Waals surface area contributed by atoms with Crippen LogP contribution in [-0.2, 0) is 14.8 Å². The number of pyridine rings is 1. The number of hydrogen-bond donors (Lipinski definition) is 3. The number of rotatable bonds is 10. The zero-order valence-corrected chi connectivity index (χ0v) is 38.6. The smallest absolute Gasteiger partial charge is 0.297 e. The van der Waals surface area contributed by atoms with Gasteiger partial charge in [-0.05, 0) is 97.0 Å². The summed E-state index contributed by atoms with van der Waals surface area (Å²) in [5, 5.41) is 17.2. The number of aromatic nitrogens is 2. The van der Waals surface area contributed by atoms with Gasteiger partial charge in [0.15, 0.2) is 11.4 Å². The van der Waals surface area contributed by atoms with E-state index in [0.717, 1.165) is 87.0 Å². The first-order valence-electron chi connectivity index (χ1n) is 22.6. The van der Waals surface area contributed by atoms with Gasteiger partial charge in [0.2, 0.25) is 5.88 Å². The summed E-state index contributed by atoms with van der Waals surface area (Å²) in [6, 6.07) is 19.4. The van der Waals surface area contributed by atoms with Crippen molar-refractivity contribution >= 4 is 72.6 Å². The van der Waals surface area contributed by atoms with Crippen LogP contribution in [0.4, 0.5) is 28.4 Å². The summed E-state index contributed by atoms with van der Waals surface area (Å²) in [5.74, 6) is -0.318. The van der Waals surface area contributed by atoms with Crippen molar-refractivity contribution in [3.63, 3.8) is 0 Å². The van der Waals surface area contributed by atoms with Crippen molar-refractivity contribution in [1.82, 2.24) is 19.6 Å². The number of aromatic amines is 1. The molecule has 3 N–H and O–H groups in total. The van der Waals surface area contributed by atoms with Crippen LogP contribution in [-0.4, -0.2) is 106 Å². The molecule has 0 saturated carbocycles. The Balaban J connectivity index is 0.926. The lowest BCUT2D eigenvalue weighted by atomic mass is 9.72. The third kappa shape index (κ3) is 8.88. The highest BCUT2D eigenvalue weighted by molar-refractivity contribution is 7.90. The lowest BCUT2D eigenvalue weighted by molar-refractivity contribution is -0.384. The van der Waals surface area contributed by atoms with E-state index in [-0.39, 0.29) is 47.6 Å². The van der Waals surface area contributed by atoms with Gasteiger partial charge in [-0.1, -0.05) is 43.2 Å². The second-order valence-electron chi connectivity index (χ2n) is 18.6. The fourth-order valence-corrected chi connectivity index (χ4v) is 11.2. The van der Waals surface area contributed by atoms with E-state index in [4.69, 9.17) is 30.8 Å². The Bertz CT molecular complexity index is 2840. The van der Waals surface area contributed by atoms with Crippen molar-refractivity contribution in [2.75, 3.05) is 80.8 Å². The highest BCUT2D eigenvalue weighted by Crippen LogP contribution is 2.45. The minimum absolute atomic E-state index is 0.0281. The molecule has 5 aliphatic rings. The van der Waals surface area contributed by atoms with Crippen LogP contribution >= 0.6 is 11.6 Å². The fraction of sp³-hybridized carbons (Fsp3) is 0.417. The Labute approximate surface area is 388 Å². The van der Waals surface area contributed by atoms with Crippen molar-refractivity contribution in [3.8, 4) is 11.6 Å². The van der Waals surface area contributed by atoms with Crippen LogP contribution < -0.4 is 29.3 Å². The number of carbonyl (C=O) groups excluding carboxylic acids is 1. The highest BCUT2D eigenvalue weighted by atomic mass is 35.5. The first-order chi connectivity index (χ1) is 31.8. The van der Waals surface area contributed by atoms with Crippen molar-refractivity contribution in [1.29, 1.82) is 0 Å². The molecule has 0 bridgehead atoms. The maximum Gasteiger partial charge on any atom is 0.297 e. The van der Waals surface area contributed by atoms with Crippen LogP contribution in [0.25, 0.3) is 16.6 Å². The lowest BCUT2D eigenvalue weighted by Crippen LogP contribution is -2.47. The number of nitro benzene ring substituents is 1. The molecule has 10 rings (SSSR count). The highest BCUT2D eigenvalue weighted by Gasteiger charge is 2.36. The summed E-state index contributed by atoms with van der Waals surface area (Å²) in [7, 11) is -4.65. The van der Waals surface area contributed by atoms with E-state index in [0.29, 0.717) is 42.7 Å². The monoisotopic (exact) mass is 936 g/mol. The van der Waals surface area contributed by atoms with Gasteiger partial charge in [0.1, 0.15) is 24.5 Å². The zero-order valence-electron chi connectivity index (χ0n) is 37.0. The molecule has 16 nitrogen and oxygen atoms in total. The van der Waals surface area contributed by atoms with Gasteiger partial charge >= 0.3 is 0 Å². The summed E-state index contributed by atoms with van der Waals surface area (Å²) in [5.41, 5.74) is 6.70. The van der Waals surface area contributed by atoms with Gasteiger partial charge < -0.3 is 34.3 Å². The molecule has 2 saturated heterocycles. The van der Waals surface area contributed by atoms with Crippen LogP contribution in [0.3, 0.4) is 0 Å². The van der Waals surface area contributed by atoms with Gasteiger partial charge in [0.05, 0.1) is 33.7 Å². The number of halogens is 1. The molecule has 1 amide bonds. The molecule has 0 radical (unpaired) electrons. The minimum Gasteiger partial charge on any atom is -0.489 e. The van der Waals surface area contributed by atoms with E-state index < -0.39 is 31.4 Å². The average molecular weight is 938 g/mol. The molecular formula is C48H53ClN8O8S. The van der Waals surface area contributed by atoms with Crippen molar-refractivity contribution < 1.29 is 32.3 Å². The Hall–Kier alpha value is -5.88. The normalized spacial score (nSPS) is 20.2. The molecule has 18 heteroatoms. The number of anilines is 4. The molecule has 6 heterocycles. The van der Waals surface area contributed by atoms with Gasteiger partial charge in [-0.15, -0.1) is 0 Å². The SMILES string of the molecule is CC1(C)CCC(CN2CCN(c3ccc(C(=O)NS(=O)(=O)c4cc5c(c([N+](=O)[O-])c4)N[C@H](C4CCOCC4)CO5)c(N4CCOc5nc6[nH]ccc6cc54)c3)CC2)=C(c2ccc(Cl)cc2)C1. The summed E-state index contributed by atoms with van der Waals surface area (Å²) < 4.78 is 47.9. The molecule has 1 aliphatic carbocycles.